The Morgan fingerprint density at radius 3 is 3.00 bits per heavy atom. The van der Waals surface area contributed by atoms with Gasteiger partial charge in [0.05, 0.1) is 16.9 Å². The van der Waals surface area contributed by atoms with Crippen LogP contribution in [0.1, 0.15) is 29.0 Å². The first-order valence-corrected chi connectivity index (χ1v) is 8.46. The van der Waals surface area contributed by atoms with Crippen LogP contribution in [0.15, 0.2) is 36.5 Å². The zero-order valence-electron chi connectivity index (χ0n) is 14.1. The predicted octanol–water partition coefficient (Wildman–Crippen LogP) is 1.69. The van der Waals surface area contributed by atoms with Crippen molar-refractivity contribution in [2.24, 2.45) is 5.73 Å². The third kappa shape index (κ3) is 2.76. The van der Waals surface area contributed by atoms with Crippen LogP contribution in [0.4, 0.5) is 0 Å². The third-order valence-corrected chi connectivity index (χ3v) is 4.69. The van der Waals surface area contributed by atoms with E-state index >= 15 is 0 Å². The summed E-state index contributed by atoms with van der Waals surface area (Å²) >= 11 is 0. The second kappa shape index (κ2) is 6.25. The zero-order chi connectivity index (χ0) is 17.4. The second-order valence-electron chi connectivity index (χ2n) is 6.44. The molecule has 7 heteroatoms. The fraction of sp³-hybridized carbons (Fsp3) is 0.333. The number of rotatable bonds is 2. The van der Waals surface area contributed by atoms with E-state index in [4.69, 9.17) is 5.73 Å². The Kier molecular flexibility index (Phi) is 3.93. The summed E-state index contributed by atoms with van der Waals surface area (Å²) in [4.78, 5) is 19.0. The molecular formula is C18H20N6O. The number of fused-ring (bicyclic) bond motifs is 1. The number of aromatic nitrogens is 4. The first-order chi connectivity index (χ1) is 12.1. The fourth-order valence-corrected chi connectivity index (χ4v) is 3.37. The molecule has 0 aliphatic carbocycles. The first-order valence-electron chi connectivity index (χ1n) is 8.46. The topological polar surface area (TPSA) is 89.9 Å². The molecule has 128 valence electrons. The molecule has 0 saturated carbocycles. The number of carbonyl (C=O) groups excluding carboxylic acids is 1. The molecule has 3 aromatic rings. The highest BCUT2D eigenvalue weighted by atomic mass is 16.2. The van der Waals surface area contributed by atoms with Gasteiger partial charge in [0.2, 0.25) is 0 Å². The Hall–Kier alpha value is -2.80. The van der Waals surface area contributed by atoms with Gasteiger partial charge in [0.1, 0.15) is 0 Å². The van der Waals surface area contributed by atoms with Gasteiger partial charge in [-0.2, -0.15) is 0 Å². The van der Waals surface area contributed by atoms with Crippen LogP contribution in [0.3, 0.4) is 0 Å². The molecule has 1 aliphatic heterocycles. The molecule has 1 saturated heterocycles. The van der Waals surface area contributed by atoms with Crippen molar-refractivity contribution in [3.63, 3.8) is 0 Å². The lowest BCUT2D eigenvalue weighted by molar-refractivity contribution is 0.0702. The van der Waals surface area contributed by atoms with Gasteiger partial charge in [0.25, 0.3) is 5.91 Å². The number of nitrogens with zero attached hydrogens (tertiary/aromatic N) is 5. The van der Waals surface area contributed by atoms with E-state index in [1.807, 2.05) is 37.3 Å². The largest absolute Gasteiger partial charge is 0.336 e. The van der Waals surface area contributed by atoms with Crippen LogP contribution in [0.2, 0.25) is 0 Å². The molecule has 0 spiro atoms. The summed E-state index contributed by atoms with van der Waals surface area (Å²) in [5.41, 5.74) is 8.85. The molecule has 2 N–H and O–H groups in total. The van der Waals surface area contributed by atoms with Crippen LogP contribution in [0, 0.1) is 6.92 Å². The van der Waals surface area contributed by atoms with Gasteiger partial charge in [-0.3, -0.25) is 9.78 Å². The number of pyridine rings is 1. The number of benzene rings is 1. The summed E-state index contributed by atoms with van der Waals surface area (Å²) in [6.07, 6.45) is 3.64. The lowest BCUT2D eigenvalue weighted by atomic mass is 10.1. The molecule has 3 heterocycles. The van der Waals surface area contributed by atoms with Gasteiger partial charge in [-0.05, 0) is 44.0 Å². The molecule has 1 amide bonds. The summed E-state index contributed by atoms with van der Waals surface area (Å²) in [5, 5.41) is 9.36. The Morgan fingerprint density at radius 2 is 2.16 bits per heavy atom. The number of carbonyl (C=O) groups is 1. The highest BCUT2D eigenvalue weighted by Gasteiger charge is 2.27. The van der Waals surface area contributed by atoms with E-state index in [0.717, 1.165) is 41.7 Å². The van der Waals surface area contributed by atoms with E-state index in [2.05, 4.69) is 15.3 Å². The van der Waals surface area contributed by atoms with E-state index in [-0.39, 0.29) is 11.9 Å². The van der Waals surface area contributed by atoms with Gasteiger partial charge in [-0.15, -0.1) is 5.10 Å². The number of hydrogen-bond acceptors (Lipinski definition) is 5. The molecule has 0 unspecified atom stereocenters. The standard InChI is InChI=1S/C18H20N6O/c1-12-17(18(25)23-10-4-5-13(19)11-23)21-22-24(12)16-8-2-7-15-14(16)6-3-9-20-15/h2-3,6-9,13H,4-5,10-11,19H2,1H3/t13-/m0/s1. The first kappa shape index (κ1) is 15.7. The molecule has 25 heavy (non-hydrogen) atoms. The van der Waals surface area contributed by atoms with Gasteiger partial charge in [-0.1, -0.05) is 11.3 Å². The molecule has 1 atom stereocenters. The number of likely N-dealkylation sites (tertiary alicyclic amines) is 1. The van der Waals surface area contributed by atoms with Crippen molar-refractivity contribution in [1.82, 2.24) is 24.9 Å². The van der Waals surface area contributed by atoms with Crippen LogP contribution in [-0.2, 0) is 0 Å². The maximum atomic E-state index is 12.8. The van der Waals surface area contributed by atoms with Gasteiger partial charge < -0.3 is 10.6 Å². The SMILES string of the molecule is Cc1c(C(=O)N2CCC[C@H](N)C2)nnn1-c1cccc2ncccc12. The lowest BCUT2D eigenvalue weighted by Gasteiger charge is -2.30. The monoisotopic (exact) mass is 336 g/mol. The van der Waals surface area contributed by atoms with E-state index < -0.39 is 0 Å². The minimum Gasteiger partial charge on any atom is -0.336 e. The van der Waals surface area contributed by atoms with Gasteiger partial charge in [-0.25, -0.2) is 4.68 Å². The molecule has 0 radical (unpaired) electrons. The minimum absolute atomic E-state index is 0.0391. The van der Waals surface area contributed by atoms with E-state index in [1.165, 1.54) is 0 Å². The zero-order valence-corrected chi connectivity index (χ0v) is 14.1. The smallest absolute Gasteiger partial charge is 0.276 e. The van der Waals surface area contributed by atoms with Crippen LogP contribution in [0.25, 0.3) is 16.6 Å². The van der Waals surface area contributed by atoms with Crippen LogP contribution >= 0.6 is 0 Å². The molecule has 0 bridgehead atoms. The Labute approximate surface area is 145 Å². The average molecular weight is 336 g/mol. The van der Waals surface area contributed by atoms with Gasteiger partial charge in [0.15, 0.2) is 5.69 Å². The van der Waals surface area contributed by atoms with Crippen LogP contribution < -0.4 is 5.73 Å². The van der Waals surface area contributed by atoms with Crippen molar-refractivity contribution < 1.29 is 4.79 Å². The fourth-order valence-electron chi connectivity index (χ4n) is 3.37. The second-order valence-corrected chi connectivity index (χ2v) is 6.44. The number of amides is 1. The third-order valence-electron chi connectivity index (χ3n) is 4.69. The van der Waals surface area contributed by atoms with Crippen molar-refractivity contribution in [2.75, 3.05) is 13.1 Å². The summed E-state index contributed by atoms with van der Waals surface area (Å²) < 4.78 is 1.71. The number of piperidine rings is 1. The Morgan fingerprint density at radius 1 is 1.28 bits per heavy atom. The number of nitrogens with two attached hydrogens (primary N) is 1. The highest BCUT2D eigenvalue weighted by molar-refractivity contribution is 5.94. The molecule has 1 fully saturated rings. The predicted molar refractivity (Wildman–Crippen MR) is 94.5 cm³/mol. The van der Waals surface area contributed by atoms with Crippen LogP contribution in [-0.4, -0.2) is 49.9 Å². The summed E-state index contributed by atoms with van der Waals surface area (Å²) in [5.74, 6) is -0.0998. The van der Waals surface area contributed by atoms with Gasteiger partial charge >= 0.3 is 0 Å². The normalized spacial score (nSPS) is 17.8. The van der Waals surface area contributed by atoms with Gasteiger partial charge in [0, 0.05) is 30.7 Å². The minimum atomic E-state index is -0.0998. The molecule has 7 nitrogen and oxygen atoms in total. The maximum Gasteiger partial charge on any atom is 0.276 e. The highest BCUT2D eigenvalue weighted by Crippen LogP contribution is 2.22. The van der Waals surface area contributed by atoms with Crippen molar-refractivity contribution in [2.45, 2.75) is 25.8 Å². The summed E-state index contributed by atoms with van der Waals surface area (Å²) in [6, 6.07) is 9.75. The lowest BCUT2D eigenvalue weighted by Crippen LogP contribution is -2.46. The Balaban J connectivity index is 1.72. The van der Waals surface area contributed by atoms with Crippen molar-refractivity contribution in [3.05, 3.63) is 47.9 Å². The molecule has 1 aliphatic rings. The van der Waals surface area contributed by atoms with Crippen molar-refractivity contribution in [1.29, 1.82) is 0 Å². The molecule has 2 aromatic heterocycles. The summed E-state index contributed by atoms with van der Waals surface area (Å²) in [7, 11) is 0. The van der Waals surface area contributed by atoms with Crippen molar-refractivity contribution in [3.8, 4) is 5.69 Å². The quantitative estimate of drug-likeness (QED) is 0.769. The average Bonchev–Trinajstić information content (AvgIpc) is 3.02. The Bertz CT molecular complexity index is 929. The molecular weight excluding hydrogens is 316 g/mol. The van der Waals surface area contributed by atoms with E-state index in [1.54, 1.807) is 15.8 Å². The van der Waals surface area contributed by atoms with Crippen LogP contribution in [0.5, 0.6) is 0 Å². The van der Waals surface area contributed by atoms with E-state index in [9.17, 15) is 4.79 Å². The molecule has 4 rings (SSSR count). The summed E-state index contributed by atoms with van der Waals surface area (Å²) in [6.45, 7) is 3.16. The molecule has 1 aromatic carbocycles. The maximum absolute atomic E-state index is 12.8. The number of hydrogen-bond donors (Lipinski definition) is 1. The van der Waals surface area contributed by atoms with Crippen molar-refractivity contribution >= 4 is 16.8 Å². The van der Waals surface area contributed by atoms with E-state index in [0.29, 0.717) is 12.2 Å².